The molecule has 1 aromatic carbocycles. The average Bonchev–Trinajstić information content (AvgIpc) is 3.23. The highest BCUT2D eigenvalue weighted by molar-refractivity contribution is 7.18. The third-order valence-electron chi connectivity index (χ3n) is 3.56. The lowest BCUT2D eigenvalue weighted by atomic mass is 10.3. The maximum absolute atomic E-state index is 5.47. The van der Waals surface area contributed by atoms with Crippen molar-refractivity contribution in [2.24, 2.45) is 0 Å². The van der Waals surface area contributed by atoms with Crippen molar-refractivity contribution >= 4 is 45.0 Å². The molecule has 2 aromatic heterocycles. The smallest absolute Gasteiger partial charge is 0.232 e. The molecule has 3 heterocycles. The van der Waals surface area contributed by atoms with Crippen LogP contribution in [0.5, 0.6) is 5.88 Å². The standard InChI is InChI=1S/C20H16N2OS2/c1(2-4-12-18-21-15-9-6-7-10-16(15)24-18)3-5-13-19-22-20-17(25-19)11-8-14-23-20/h1-11,13H,12,14H2. The molecular formula is C20H16N2OS2. The van der Waals surface area contributed by atoms with E-state index in [4.69, 9.17) is 4.74 Å². The Labute approximate surface area is 154 Å². The molecular weight excluding hydrogens is 348 g/mol. The zero-order chi connectivity index (χ0) is 16.9. The molecule has 1 aliphatic heterocycles. The molecule has 124 valence electrons. The fraction of sp³-hybridized carbons (Fsp3) is 0.100. The summed E-state index contributed by atoms with van der Waals surface area (Å²) in [5.74, 6) is 0.742. The monoisotopic (exact) mass is 364 g/mol. The van der Waals surface area contributed by atoms with Crippen molar-refractivity contribution in [2.75, 3.05) is 6.61 Å². The highest BCUT2D eigenvalue weighted by Gasteiger charge is 2.10. The Kier molecular flexibility index (Phi) is 4.86. The van der Waals surface area contributed by atoms with Crippen LogP contribution in [0.15, 0.2) is 60.7 Å². The summed E-state index contributed by atoms with van der Waals surface area (Å²) in [6.45, 7) is 0.610. The van der Waals surface area contributed by atoms with E-state index in [1.165, 1.54) is 4.70 Å². The maximum atomic E-state index is 5.47. The number of rotatable bonds is 5. The van der Waals surface area contributed by atoms with Crippen molar-refractivity contribution < 1.29 is 4.74 Å². The summed E-state index contributed by atoms with van der Waals surface area (Å²) in [7, 11) is 0. The lowest BCUT2D eigenvalue weighted by Crippen LogP contribution is -1.98. The number of hydrogen-bond acceptors (Lipinski definition) is 5. The van der Waals surface area contributed by atoms with Gasteiger partial charge in [0.2, 0.25) is 5.88 Å². The van der Waals surface area contributed by atoms with Gasteiger partial charge < -0.3 is 4.74 Å². The van der Waals surface area contributed by atoms with E-state index < -0.39 is 0 Å². The average molecular weight is 364 g/mol. The molecule has 5 heteroatoms. The lowest BCUT2D eigenvalue weighted by Gasteiger charge is -2.03. The topological polar surface area (TPSA) is 35.0 Å². The molecule has 3 nitrogen and oxygen atoms in total. The summed E-state index contributed by atoms with van der Waals surface area (Å²) in [6, 6.07) is 8.25. The van der Waals surface area contributed by atoms with Crippen LogP contribution in [0.4, 0.5) is 0 Å². The van der Waals surface area contributed by atoms with E-state index in [-0.39, 0.29) is 0 Å². The molecule has 0 unspecified atom stereocenters. The number of para-hydroxylation sites is 1. The number of fused-ring (bicyclic) bond motifs is 2. The molecule has 0 radical (unpaired) electrons. The summed E-state index contributed by atoms with van der Waals surface area (Å²) in [5, 5.41) is 2.10. The fourth-order valence-corrected chi connectivity index (χ4v) is 4.22. The van der Waals surface area contributed by atoms with Crippen LogP contribution in [0.25, 0.3) is 22.4 Å². The second kappa shape index (κ2) is 7.59. The number of ether oxygens (including phenoxy) is 1. The third-order valence-corrected chi connectivity index (χ3v) is 5.59. The quantitative estimate of drug-likeness (QED) is 0.559. The first-order valence-electron chi connectivity index (χ1n) is 8.03. The van der Waals surface area contributed by atoms with Gasteiger partial charge in [0.15, 0.2) is 0 Å². The number of benzene rings is 1. The maximum Gasteiger partial charge on any atom is 0.232 e. The molecule has 0 aliphatic carbocycles. The molecule has 0 N–H and O–H groups in total. The van der Waals surface area contributed by atoms with Gasteiger partial charge in [-0.2, -0.15) is 0 Å². The van der Waals surface area contributed by atoms with Gasteiger partial charge in [-0.15, -0.1) is 22.7 Å². The summed E-state index contributed by atoms with van der Waals surface area (Å²) >= 11 is 3.39. The van der Waals surface area contributed by atoms with E-state index in [2.05, 4.69) is 46.4 Å². The van der Waals surface area contributed by atoms with Gasteiger partial charge in [0, 0.05) is 6.42 Å². The minimum Gasteiger partial charge on any atom is -0.472 e. The molecule has 0 saturated carbocycles. The van der Waals surface area contributed by atoms with Crippen LogP contribution in [0.1, 0.15) is 14.9 Å². The Hall–Kier alpha value is -2.50. The molecule has 4 rings (SSSR count). The van der Waals surface area contributed by atoms with E-state index in [1.807, 2.05) is 36.4 Å². The molecule has 0 fully saturated rings. The largest absolute Gasteiger partial charge is 0.472 e. The first kappa shape index (κ1) is 16.0. The van der Waals surface area contributed by atoms with Crippen LogP contribution in [0.2, 0.25) is 0 Å². The van der Waals surface area contributed by atoms with Gasteiger partial charge in [-0.05, 0) is 30.4 Å². The fourth-order valence-electron chi connectivity index (χ4n) is 2.42. The highest BCUT2D eigenvalue weighted by Crippen LogP contribution is 2.29. The first-order valence-corrected chi connectivity index (χ1v) is 9.66. The van der Waals surface area contributed by atoms with Crippen molar-refractivity contribution in [3.63, 3.8) is 0 Å². The van der Waals surface area contributed by atoms with Crippen LogP contribution in [-0.2, 0) is 6.42 Å². The van der Waals surface area contributed by atoms with Crippen LogP contribution in [0.3, 0.4) is 0 Å². The second-order valence-corrected chi connectivity index (χ2v) is 7.56. The van der Waals surface area contributed by atoms with Gasteiger partial charge in [0.25, 0.3) is 0 Å². The van der Waals surface area contributed by atoms with Gasteiger partial charge in [-0.1, -0.05) is 42.5 Å². The number of allylic oxidation sites excluding steroid dienone is 5. The Bertz CT molecular complexity index is 959. The van der Waals surface area contributed by atoms with E-state index in [1.54, 1.807) is 22.7 Å². The van der Waals surface area contributed by atoms with E-state index in [0.717, 1.165) is 32.7 Å². The zero-order valence-electron chi connectivity index (χ0n) is 13.5. The Morgan fingerprint density at radius 1 is 1.04 bits per heavy atom. The van der Waals surface area contributed by atoms with Crippen molar-refractivity contribution in [3.8, 4) is 5.88 Å². The minimum absolute atomic E-state index is 0.610. The van der Waals surface area contributed by atoms with E-state index >= 15 is 0 Å². The van der Waals surface area contributed by atoms with Gasteiger partial charge in [-0.25, -0.2) is 9.97 Å². The van der Waals surface area contributed by atoms with Crippen LogP contribution < -0.4 is 4.74 Å². The second-order valence-electron chi connectivity index (χ2n) is 5.39. The molecule has 25 heavy (non-hydrogen) atoms. The summed E-state index contributed by atoms with van der Waals surface area (Å²) in [4.78, 5) is 10.2. The lowest BCUT2D eigenvalue weighted by molar-refractivity contribution is 0.346. The van der Waals surface area contributed by atoms with Crippen molar-refractivity contribution in [3.05, 3.63) is 75.6 Å². The molecule has 0 bridgehead atoms. The number of nitrogens with zero attached hydrogens (tertiary/aromatic N) is 2. The van der Waals surface area contributed by atoms with Gasteiger partial charge in [0.1, 0.15) is 11.6 Å². The molecule has 0 amide bonds. The minimum atomic E-state index is 0.610. The number of hydrogen-bond donors (Lipinski definition) is 0. The van der Waals surface area contributed by atoms with Crippen molar-refractivity contribution in [1.82, 2.24) is 9.97 Å². The van der Waals surface area contributed by atoms with Gasteiger partial charge in [-0.3, -0.25) is 0 Å². The Morgan fingerprint density at radius 2 is 1.96 bits per heavy atom. The number of aromatic nitrogens is 2. The van der Waals surface area contributed by atoms with Crippen LogP contribution in [0, 0.1) is 0 Å². The Balaban J connectivity index is 1.30. The van der Waals surface area contributed by atoms with Gasteiger partial charge in [0.05, 0.1) is 20.1 Å². The van der Waals surface area contributed by atoms with E-state index in [9.17, 15) is 0 Å². The molecule has 0 atom stereocenters. The predicted octanol–water partition coefficient (Wildman–Crippen LogP) is 5.53. The van der Waals surface area contributed by atoms with E-state index in [0.29, 0.717) is 6.61 Å². The highest BCUT2D eigenvalue weighted by atomic mass is 32.1. The third kappa shape index (κ3) is 3.95. The normalized spacial score (nSPS) is 14.1. The first-order chi connectivity index (χ1) is 12.4. The molecule has 0 spiro atoms. The van der Waals surface area contributed by atoms with Crippen molar-refractivity contribution in [2.45, 2.75) is 6.42 Å². The number of thiazole rings is 2. The molecule has 0 saturated heterocycles. The zero-order valence-corrected chi connectivity index (χ0v) is 15.1. The summed E-state index contributed by atoms with van der Waals surface area (Å²) in [5.41, 5.74) is 1.08. The molecule has 3 aromatic rings. The van der Waals surface area contributed by atoms with Crippen LogP contribution in [-0.4, -0.2) is 16.6 Å². The summed E-state index contributed by atoms with van der Waals surface area (Å²) < 4.78 is 6.72. The predicted molar refractivity (Wildman–Crippen MR) is 107 cm³/mol. The van der Waals surface area contributed by atoms with Crippen LogP contribution >= 0.6 is 22.7 Å². The summed E-state index contributed by atoms with van der Waals surface area (Å²) in [6.07, 6.45) is 17.1. The SMILES string of the molecule is C(=CC=Cc1nc2c(s1)C=CCO2)C=CCc1nc2ccccc2s1. The Morgan fingerprint density at radius 3 is 2.88 bits per heavy atom. The van der Waals surface area contributed by atoms with Gasteiger partial charge >= 0.3 is 0 Å². The molecule has 1 aliphatic rings. The van der Waals surface area contributed by atoms with Crippen molar-refractivity contribution in [1.29, 1.82) is 0 Å².